The van der Waals surface area contributed by atoms with Gasteiger partial charge in [0.2, 0.25) is 5.91 Å². The molecule has 1 heterocycles. The number of amides is 1. The Hall–Kier alpha value is -1.32. The second-order valence-electron chi connectivity index (χ2n) is 4.50. The van der Waals surface area contributed by atoms with Crippen LogP contribution in [0.1, 0.15) is 31.2 Å². The van der Waals surface area contributed by atoms with Crippen molar-refractivity contribution in [3.8, 4) is 0 Å². The monoisotopic (exact) mass is 221 g/mol. The lowest BCUT2D eigenvalue weighted by atomic mass is 10.4. The fourth-order valence-corrected chi connectivity index (χ4v) is 2.08. The summed E-state index contributed by atoms with van der Waals surface area (Å²) in [7, 11) is 0. The Morgan fingerprint density at radius 3 is 2.69 bits per heavy atom. The highest BCUT2D eigenvalue weighted by Crippen LogP contribution is 2.26. The summed E-state index contributed by atoms with van der Waals surface area (Å²) in [6, 6.07) is 2.50. The van der Waals surface area contributed by atoms with Crippen molar-refractivity contribution in [2.24, 2.45) is 0 Å². The molecule has 16 heavy (non-hydrogen) atoms. The van der Waals surface area contributed by atoms with E-state index in [0.717, 1.165) is 30.8 Å². The van der Waals surface area contributed by atoms with Crippen molar-refractivity contribution in [2.75, 3.05) is 6.54 Å². The number of rotatable bonds is 4. The van der Waals surface area contributed by atoms with Crippen LogP contribution in [0.5, 0.6) is 0 Å². The first-order valence-corrected chi connectivity index (χ1v) is 5.92. The van der Waals surface area contributed by atoms with E-state index in [1.165, 1.54) is 0 Å². The summed E-state index contributed by atoms with van der Waals surface area (Å²) in [6.07, 6.45) is 2.33. The fraction of sp³-hybridized carbons (Fsp3) is 0.667. The van der Waals surface area contributed by atoms with Gasteiger partial charge in [-0.15, -0.1) is 0 Å². The van der Waals surface area contributed by atoms with Gasteiger partial charge in [0.05, 0.1) is 5.69 Å². The minimum absolute atomic E-state index is 0.191. The Morgan fingerprint density at radius 1 is 1.56 bits per heavy atom. The van der Waals surface area contributed by atoms with Crippen molar-refractivity contribution in [3.63, 3.8) is 0 Å². The molecule has 0 N–H and O–H groups in total. The van der Waals surface area contributed by atoms with Gasteiger partial charge in [-0.2, -0.15) is 5.10 Å². The lowest BCUT2D eigenvalue weighted by molar-refractivity contribution is -0.132. The summed E-state index contributed by atoms with van der Waals surface area (Å²) < 4.78 is 1.79. The van der Waals surface area contributed by atoms with Gasteiger partial charge < -0.3 is 4.90 Å². The van der Waals surface area contributed by atoms with Gasteiger partial charge in [0.25, 0.3) is 0 Å². The van der Waals surface area contributed by atoms with Crippen LogP contribution in [0, 0.1) is 13.8 Å². The van der Waals surface area contributed by atoms with Gasteiger partial charge in [-0.1, -0.05) is 0 Å². The Kier molecular flexibility index (Phi) is 2.99. The minimum atomic E-state index is 0.191. The molecule has 0 radical (unpaired) electrons. The van der Waals surface area contributed by atoms with Gasteiger partial charge in [-0.25, -0.2) is 0 Å². The zero-order valence-corrected chi connectivity index (χ0v) is 10.2. The molecule has 1 aromatic heterocycles. The average Bonchev–Trinajstić information content (AvgIpc) is 2.97. The lowest BCUT2D eigenvalue weighted by Gasteiger charge is -2.20. The number of hydrogen-bond acceptors (Lipinski definition) is 2. The molecule has 1 aromatic rings. The highest BCUT2D eigenvalue weighted by Gasteiger charge is 2.31. The summed E-state index contributed by atoms with van der Waals surface area (Å²) in [4.78, 5) is 14.0. The van der Waals surface area contributed by atoms with E-state index in [1.807, 2.05) is 31.7 Å². The molecule has 0 atom stereocenters. The van der Waals surface area contributed by atoms with Crippen LogP contribution < -0.4 is 0 Å². The SMILES string of the molecule is CCN(C(=O)Cn1nc(C)cc1C)C1CC1. The van der Waals surface area contributed by atoms with E-state index in [-0.39, 0.29) is 5.91 Å². The van der Waals surface area contributed by atoms with E-state index >= 15 is 0 Å². The van der Waals surface area contributed by atoms with Crippen molar-refractivity contribution >= 4 is 5.91 Å². The molecule has 88 valence electrons. The minimum Gasteiger partial charge on any atom is -0.338 e. The molecule has 0 saturated heterocycles. The van der Waals surface area contributed by atoms with Gasteiger partial charge in [-0.05, 0) is 39.7 Å². The molecule has 1 saturated carbocycles. The third-order valence-corrected chi connectivity index (χ3v) is 3.04. The summed E-state index contributed by atoms with van der Waals surface area (Å²) in [6.45, 7) is 7.16. The third-order valence-electron chi connectivity index (χ3n) is 3.04. The van der Waals surface area contributed by atoms with Crippen LogP contribution in [0.15, 0.2) is 6.07 Å². The van der Waals surface area contributed by atoms with Crippen molar-refractivity contribution in [1.82, 2.24) is 14.7 Å². The molecular weight excluding hydrogens is 202 g/mol. The van der Waals surface area contributed by atoms with Crippen LogP contribution >= 0.6 is 0 Å². The van der Waals surface area contributed by atoms with Gasteiger partial charge >= 0.3 is 0 Å². The van der Waals surface area contributed by atoms with Crippen LogP contribution in [0.4, 0.5) is 0 Å². The van der Waals surface area contributed by atoms with Crippen molar-refractivity contribution in [3.05, 3.63) is 17.5 Å². The van der Waals surface area contributed by atoms with Crippen molar-refractivity contribution in [1.29, 1.82) is 0 Å². The second kappa shape index (κ2) is 4.28. The molecule has 1 aliphatic rings. The molecule has 4 heteroatoms. The van der Waals surface area contributed by atoms with Gasteiger partial charge in [0.1, 0.15) is 6.54 Å². The van der Waals surface area contributed by atoms with Gasteiger partial charge in [-0.3, -0.25) is 9.48 Å². The molecule has 0 aromatic carbocycles. The van der Waals surface area contributed by atoms with Crippen LogP contribution in [0.25, 0.3) is 0 Å². The normalized spacial score (nSPS) is 15.2. The van der Waals surface area contributed by atoms with Gasteiger partial charge in [0.15, 0.2) is 0 Å². The van der Waals surface area contributed by atoms with Crippen LogP contribution in [-0.2, 0) is 11.3 Å². The van der Waals surface area contributed by atoms with Crippen LogP contribution in [0.3, 0.4) is 0 Å². The predicted molar refractivity (Wildman–Crippen MR) is 62.1 cm³/mol. The molecule has 0 unspecified atom stereocenters. The Morgan fingerprint density at radius 2 is 2.25 bits per heavy atom. The summed E-state index contributed by atoms with van der Waals surface area (Å²) in [5.41, 5.74) is 2.03. The first kappa shape index (κ1) is 11.2. The van der Waals surface area contributed by atoms with Gasteiger partial charge in [0, 0.05) is 18.3 Å². The van der Waals surface area contributed by atoms with E-state index in [1.54, 1.807) is 4.68 Å². The van der Waals surface area contributed by atoms with E-state index in [0.29, 0.717) is 12.6 Å². The topological polar surface area (TPSA) is 38.1 Å². The van der Waals surface area contributed by atoms with Crippen molar-refractivity contribution < 1.29 is 4.79 Å². The second-order valence-corrected chi connectivity index (χ2v) is 4.50. The number of nitrogens with zero attached hydrogens (tertiary/aromatic N) is 3. The maximum absolute atomic E-state index is 12.1. The zero-order chi connectivity index (χ0) is 11.7. The highest BCUT2D eigenvalue weighted by atomic mass is 16.2. The van der Waals surface area contributed by atoms with Crippen molar-refractivity contribution in [2.45, 2.75) is 46.2 Å². The summed E-state index contributed by atoms with van der Waals surface area (Å²) >= 11 is 0. The number of carbonyl (C=O) groups excluding carboxylic acids is 1. The van der Waals surface area contributed by atoms with Crippen LogP contribution in [-0.4, -0.2) is 33.2 Å². The first-order valence-electron chi connectivity index (χ1n) is 5.92. The maximum Gasteiger partial charge on any atom is 0.244 e. The lowest BCUT2D eigenvalue weighted by Crippen LogP contribution is -2.35. The first-order chi connectivity index (χ1) is 7.61. The smallest absolute Gasteiger partial charge is 0.244 e. The number of hydrogen-bond donors (Lipinski definition) is 0. The quantitative estimate of drug-likeness (QED) is 0.773. The molecular formula is C12H19N3O. The largest absolute Gasteiger partial charge is 0.338 e. The number of carbonyl (C=O) groups is 1. The standard InChI is InChI=1S/C12H19N3O/c1-4-14(11-5-6-11)12(16)8-15-10(3)7-9(2)13-15/h7,11H,4-6,8H2,1-3H3. The molecule has 0 spiro atoms. The molecule has 1 amide bonds. The fourth-order valence-electron chi connectivity index (χ4n) is 2.08. The molecule has 2 rings (SSSR count). The Balaban J connectivity index is 2.03. The van der Waals surface area contributed by atoms with E-state index < -0.39 is 0 Å². The van der Waals surface area contributed by atoms with E-state index in [4.69, 9.17) is 0 Å². The zero-order valence-electron chi connectivity index (χ0n) is 10.2. The molecule has 1 fully saturated rings. The number of aromatic nitrogens is 2. The van der Waals surface area contributed by atoms with E-state index in [9.17, 15) is 4.79 Å². The predicted octanol–water partition coefficient (Wildman–Crippen LogP) is 1.51. The third kappa shape index (κ3) is 2.26. The Labute approximate surface area is 96.2 Å². The molecule has 1 aliphatic carbocycles. The van der Waals surface area contributed by atoms with E-state index in [2.05, 4.69) is 5.10 Å². The molecule has 0 bridgehead atoms. The highest BCUT2D eigenvalue weighted by molar-refractivity contribution is 5.76. The summed E-state index contributed by atoms with van der Waals surface area (Å²) in [5.74, 6) is 0.191. The number of likely N-dealkylation sites (N-methyl/N-ethyl adjacent to an activating group) is 1. The number of aryl methyl sites for hydroxylation is 2. The average molecular weight is 221 g/mol. The maximum atomic E-state index is 12.1. The molecule has 0 aliphatic heterocycles. The Bertz CT molecular complexity index is 393. The summed E-state index contributed by atoms with van der Waals surface area (Å²) in [5, 5.41) is 4.32. The van der Waals surface area contributed by atoms with Crippen LogP contribution in [0.2, 0.25) is 0 Å². The molecule has 4 nitrogen and oxygen atoms in total.